The molecule has 0 aliphatic rings. The molecule has 2 aromatic rings. The molecule has 0 aliphatic heterocycles. The second-order valence-electron chi connectivity index (χ2n) is 3.38. The van der Waals surface area contributed by atoms with Gasteiger partial charge in [0.1, 0.15) is 16.5 Å². The number of aromatic nitrogens is 1. The molecule has 17 heavy (non-hydrogen) atoms. The minimum Gasteiger partial charge on any atom is -0.493 e. The molecule has 0 radical (unpaired) electrons. The third-order valence-electron chi connectivity index (χ3n) is 2.31. The van der Waals surface area contributed by atoms with E-state index in [0.29, 0.717) is 17.0 Å². The maximum Gasteiger partial charge on any atom is 0.125 e. The number of benzene rings is 1. The molecular formula is C12H12BrNO2S. The molecule has 0 saturated carbocycles. The number of nitrogens with zero attached hydrogens (tertiary/aromatic N) is 1. The van der Waals surface area contributed by atoms with Crippen LogP contribution in [0.25, 0.3) is 0 Å². The average Bonchev–Trinajstić information content (AvgIpc) is 2.76. The Labute approximate surface area is 112 Å². The van der Waals surface area contributed by atoms with E-state index in [1.54, 1.807) is 5.51 Å². The Kier molecular flexibility index (Phi) is 4.15. The molecular weight excluding hydrogens is 302 g/mol. The highest BCUT2D eigenvalue weighted by atomic mass is 79.9. The zero-order chi connectivity index (χ0) is 12.3. The van der Waals surface area contributed by atoms with Crippen molar-refractivity contribution in [2.45, 2.75) is 13.0 Å². The van der Waals surface area contributed by atoms with Crippen molar-refractivity contribution in [1.82, 2.24) is 4.98 Å². The first kappa shape index (κ1) is 12.5. The Morgan fingerprint density at radius 3 is 2.88 bits per heavy atom. The van der Waals surface area contributed by atoms with E-state index < -0.39 is 6.10 Å². The van der Waals surface area contributed by atoms with E-state index in [2.05, 4.69) is 20.9 Å². The van der Waals surface area contributed by atoms with E-state index in [1.807, 2.05) is 31.2 Å². The van der Waals surface area contributed by atoms with Crippen molar-refractivity contribution in [3.05, 3.63) is 44.8 Å². The predicted molar refractivity (Wildman–Crippen MR) is 71.5 cm³/mol. The van der Waals surface area contributed by atoms with Crippen LogP contribution in [-0.4, -0.2) is 16.7 Å². The number of aliphatic hydroxyl groups excluding tert-OH is 1. The first-order valence-corrected chi connectivity index (χ1v) is 6.90. The Hall–Kier alpha value is -0.910. The highest BCUT2D eigenvalue weighted by Crippen LogP contribution is 2.35. The van der Waals surface area contributed by atoms with Crippen LogP contribution in [0.3, 0.4) is 0 Å². The number of hydrogen-bond donors (Lipinski definition) is 1. The molecule has 5 heteroatoms. The fourth-order valence-electron chi connectivity index (χ4n) is 1.55. The van der Waals surface area contributed by atoms with Crippen LogP contribution >= 0.6 is 27.3 Å². The summed E-state index contributed by atoms with van der Waals surface area (Å²) in [5.41, 5.74) is 2.46. The number of aliphatic hydroxyl groups is 1. The summed E-state index contributed by atoms with van der Waals surface area (Å²) >= 11 is 4.74. The molecule has 0 spiro atoms. The highest BCUT2D eigenvalue weighted by Gasteiger charge is 2.19. The van der Waals surface area contributed by atoms with Crippen molar-refractivity contribution < 1.29 is 9.84 Å². The minimum atomic E-state index is -0.709. The van der Waals surface area contributed by atoms with E-state index in [1.165, 1.54) is 11.3 Å². The maximum atomic E-state index is 10.3. The third-order valence-corrected chi connectivity index (χ3v) is 4.09. The summed E-state index contributed by atoms with van der Waals surface area (Å²) in [6, 6.07) is 7.50. The van der Waals surface area contributed by atoms with E-state index in [-0.39, 0.29) is 0 Å². The lowest BCUT2D eigenvalue weighted by molar-refractivity contribution is 0.214. The molecule has 0 aliphatic carbocycles. The quantitative estimate of drug-likeness (QED) is 0.940. The molecule has 1 heterocycles. The molecule has 1 aromatic heterocycles. The van der Waals surface area contributed by atoms with Gasteiger partial charge in [0.25, 0.3) is 0 Å². The zero-order valence-electron chi connectivity index (χ0n) is 9.26. The molecule has 0 fully saturated rings. The van der Waals surface area contributed by atoms with Crippen molar-refractivity contribution >= 4 is 27.3 Å². The maximum absolute atomic E-state index is 10.3. The molecule has 0 bridgehead atoms. The van der Waals surface area contributed by atoms with Gasteiger partial charge < -0.3 is 9.84 Å². The molecule has 90 valence electrons. The largest absolute Gasteiger partial charge is 0.493 e. The van der Waals surface area contributed by atoms with Crippen LogP contribution in [0.4, 0.5) is 0 Å². The van der Waals surface area contributed by atoms with Crippen LogP contribution in [-0.2, 0) is 0 Å². The monoisotopic (exact) mass is 313 g/mol. The van der Waals surface area contributed by atoms with Gasteiger partial charge in [-0.3, -0.25) is 0 Å². The molecule has 1 unspecified atom stereocenters. The summed E-state index contributed by atoms with van der Waals surface area (Å²) < 4.78 is 6.19. The Bertz CT molecular complexity index is 501. The Morgan fingerprint density at radius 2 is 2.24 bits per heavy atom. The topological polar surface area (TPSA) is 42.4 Å². The summed E-state index contributed by atoms with van der Waals surface area (Å²) in [5, 5.41) is 10.3. The van der Waals surface area contributed by atoms with E-state index >= 15 is 0 Å². The average molecular weight is 314 g/mol. The molecule has 3 nitrogen and oxygen atoms in total. The second kappa shape index (κ2) is 5.62. The number of halogens is 1. The van der Waals surface area contributed by atoms with Crippen LogP contribution in [0.15, 0.2) is 34.4 Å². The van der Waals surface area contributed by atoms with Crippen molar-refractivity contribution in [3.63, 3.8) is 0 Å². The van der Waals surface area contributed by atoms with Crippen LogP contribution in [0, 0.1) is 0 Å². The van der Waals surface area contributed by atoms with Gasteiger partial charge in [0.15, 0.2) is 0 Å². The van der Waals surface area contributed by atoms with Crippen molar-refractivity contribution in [2.24, 2.45) is 0 Å². The van der Waals surface area contributed by atoms with Crippen molar-refractivity contribution in [3.8, 4) is 5.75 Å². The summed E-state index contributed by atoms with van der Waals surface area (Å²) in [7, 11) is 0. The first-order valence-electron chi connectivity index (χ1n) is 5.22. The van der Waals surface area contributed by atoms with Crippen LogP contribution in [0.1, 0.15) is 23.5 Å². The normalized spacial score (nSPS) is 12.4. The van der Waals surface area contributed by atoms with Gasteiger partial charge in [0, 0.05) is 5.56 Å². The molecule has 1 atom stereocenters. The molecule has 0 saturated heterocycles. The van der Waals surface area contributed by atoms with E-state index in [0.717, 1.165) is 10.4 Å². The summed E-state index contributed by atoms with van der Waals surface area (Å²) in [6.07, 6.45) is -0.709. The van der Waals surface area contributed by atoms with Gasteiger partial charge >= 0.3 is 0 Å². The number of rotatable bonds is 4. The van der Waals surface area contributed by atoms with Gasteiger partial charge in [-0.25, -0.2) is 4.98 Å². The van der Waals surface area contributed by atoms with Gasteiger partial charge in [-0.05, 0) is 28.9 Å². The smallest absolute Gasteiger partial charge is 0.125 e. The minimum absolute atomic E-state index is 0.577. The van der Waals surface area contributed by atoms with Gasteiger partial charge in [-0.15, -0.1) is 11.3 Å². The first-order chi connectivity index (χ1) is 8.24. The van der Waals surface area contributed by atoms with E-state index in [9.17, 15) is 5.11 Å². The lowest BCUT2D eigenvalue weighted by Crippen LogP contribution is -2.03. The van der Waals surface area contributed by atoms with Gasteiger partial charge in [-0.1, -0.05) is 18.2 Å². The predicted octanol–water partition coefficient (Wildman–Crippen LogP) is 3.39. The molecule has 1 N–H and O–H groups in total. The molecule has 0 amide bonds. The number of hydrogen-bond acceptors (Lipinski definition) is 4. The van der Waals surface area contributed by atoms with E-state index in [4.69, 9.17) is 4.74 Å². The summed E-state index contributed by atoms with van der Waals surface area (Å²) in [6.45, 7) is 2.50. The lowest BCUT2D eigenvalue weighted by atomic mass is 10.1. The Morgan fingerprint density at radius 1 is 1.47 bits per heavy atom. The van der Waals surface area contributed by atoms with Crippen molar-refractivity contribution in [1.29, 1.82) is 0 Å². The van der Waals surface area contributed by atoms with Gasteiger partial charge in [0.05, 0.1) is 17.0 Å². The van der Waals surface area contributed by atoms with Crippen LogP contribution < -0.4 is 4.74 Å². The number of para-hydroxylation sites is 1. The summed E-state index contributed by atoms with van der Waals surface area (Å²) in [5.74, 6) is 0.711. The second-order valence-corrected chi connectivity index (χ2v) is 5.02. The van der Waals surface area contributed by atoms with Gasteiger partial charge in [-0.2, -0.15) is 0 Å². The lowest BCUT2D eigenvalue weighted by Gasteiger charge is -2.14. The van der Waals surface area contributed by atoms with Crippen molar-refractivity contribution in [2.75, 3.05) is 6.61 Å². The summed E-state index contributed by atoms with van der Waals surface area (Å²) in [4.78, 5) is 4.86. The third kappa shape index (κ3) is 2.68. The van der Waals surface area contributed by atoms with Gasteiger partial charge in [0.2, 0.25) is 0 Å². The Balaban J connectivity index is 2.37. The highest BCUT2D eigenvalue weighted by molar-refractivity contribution is 9.10. The zero-order valence-corrected chi connectivity index (χ0v) is 11.7. The standard InChI is InChI=1S/C12H12BrNO2S/c1-2-16-9-6-4-3-5-8(9)10(15)11-12(13)14-7-17-11/h3-7,10,15H,2H2,1H3. The molecule has 1 aromatic carbocycles. The fraction of sp³-hybridized carbons (Fsp3) is 0.250. The number of ether oxygens (including phenoxy) is 1. The molecule has 2 rings (SSSR count). The van der Waals surface area contributed by atoms with Crippen LogP contribution in [0.5, 0.6) is 5.75 Å². The number of thiazole rings is 1. The SMILES string of the molecule is CCOc1ccccc1C(O)c1scnc1Br. The fourth-order valence-corrected chi connectivity index (χ4v) is 2.97. The van der Waals surface area contributed by atoms with Crippen LogP contribution in [0.2, 0.25) is 0 Å².